The molecule has 2 heteroatoms. The summed E-state index contributed by atoms with van der Waals surface area (Å²) in [4.78, 5) is 12.8. The van der Waals surface area contributed by atoms with Crippen LogP contribution in [0.3, 0.4) is 0 Å². The lowest BCUT2D eigenvalue weighted by molar-refractivity contribution is -0.170. The van der Waals surface area contributed by atoms with Gasteiger partial charge in [-0.3, -0.25) is 4.79 Å². The maximum atomic E-state index is 12.8. The molecule has 0 bridgehead atoms. The molecule has 0 aromatic carbocycles. The van der Waals surface area contributed by atoms with Crippen molar-refractivity contribution < 1.29 is 9.53 Å². The number of hydrogen-bond donors (Lipinski definition) is 0. The van der Waals surface area contributed by atoms with Gasteiger partial charge >= 0.3 is 5.97 Å². The Hall–Kier alpha value is -0.530. The predicted molar refractivity (Wildman–Crippen MR) is 89.2 cm³/mol. The number of carbonyl (C=O) groups is 1. The molecule has 1 aliphatic rings. The average Bonchev–Trinajstić information content (AvgIpc) is 2.48. The van der Waals surface area contributed by atoms with Gasteiger partial charge in [-0.1, -0.05) is 54.4 Å². The van der Waals surface area contributed by atoms with Crippen LogP contribution >= 0.6 is 0 Å². The lowest BCUT2D eigenvalue weighted by Crippen LogP contribution is -2.39. The Kier molecular flexibility index (Phi) is 5.91. The van der Waals surface area contributed by atoms with E-state index in [9.17, 15) is 4.79 Å². The van der Waals surface area contributed by atoms with E-state index in [1.165, 1.54) is 25.7 Å². The first kappa shape index (κ1) is 18.5. The fourth-order valence-electron chi connectivity index (χ4n) is 3.25. The highest BCUT2D eigenvalue weighted by molar-refractivity contribution is 5.73. The monoisotopic (exact) mass is 296 g/mol. The molecule has 0 amide bonds. The molecule has 1 aliphatic carbocycles. The zero-order valence-corrected chi connectivity index (χ0v) is 15.3. The highest BCUT2D eigenvalue weighted by Crippen LogP contribution is 2.39. The molecule has 1 unspecified atom stereocenters. The first-order chi connectivity index (χ1) is 9.43. The molecule has 2 nitrogen and oxygen atoms in total. The third-order valence-corrected chi connectivity index (χ3v) is 4.65. The normalized spacial score (nSPS) is 21.5. The van der Waals surface area contributed by atoms with Crippen molar-refractivity contribution in [1.82, 2.24) is 0 Å². The Morgan fingerprint density at radius 3 is 1.86 bits per heavy atom. The van der Waals surface area contributed by atoms with Crippen LogP contribution in [0.15, 0.2) is 0 Å². The van der Waals surface area contributed by atoms with E-state index < -0.39 is 0 Å². The molecule has 0 aliphatic heterocycles. The molecule has 0 aromatic rings. The van der Waals surface area contributed by atoms with Gasteiger partial charge in [0.05, 0.1) is 5.92 Å². The van der Waals surface area contributed by atoms with Crippen LogP contribution in [0.2, 0.25) is 0 Å². The summed E-state index contributed by atoms with van der Waals surface area (Å²) in [5.74, 6) is -0.0144. The minimum atomic E-state index is -0.241. The summed E-state index contributed by atoms with van der Waals surface area (Å²) in [7, 11) is 0. The fraction of sp³-hybridized carbons (Fsp3) is 0.947. The molecule has 0 heterocycles. The van der Waals surface area contributed by atoms with E-state index >= 15 is 0 Å². The van der Waals surface area contributed by atoms with E-state index in [0.29, 0.717) is 0 Å². The summed E-state index contributed by atoms with van der Waals surface area (Å²) < 4.78 is 6.05. The second-order valence-corrected chi connectivity index (χ2v) is 9.47. The third-order valence-electron chi connectivity index (χ3n) is 4.65. The van der Waals surface area contributed by atoms with E-state index in [-0.39, 0.29) is 28.3 Å². The van der Waals surface area contributed by atoms with E-state index in [1.807, 2.05) is 0 Å². The SMILES string of the molecule is CC(C)(C)CC(C(=O)OC1(C)CCCCCC1)C(C)(C)C. The molecule has 124 valence electrons. The molecule has 1 fully saturated rings. The van der Waals surface area contributed by atoms with Gasteiger partial charge in [0.1, 0.15) is 5.60 Å². The third kappa shape index (κ3) is 6.40. The van der Waals surface area contributed by atoms with Crippen molar-refractivity contribution >= 4 is 5.97 Å². The minimum Gasteiger partial charge on any atom is -0.459 e. The number of esters is 1. The first-order valence-corrected chi connectivity index (χ1v) is 8.66. The highest BCUT2D eigenvalue weighted by Gasteiger charge is 2.39. The summed E-state index contributed by atoms with van der Waals surface area (Å²) in [6.45, 7) is 15.2. The van der Waals surface area contributed by atoms with Gasteiger partial charge in [-0.05, 0) is 49.9 Å². The molecule has 0 saturated heterocycles. The van der Waals surface area contributed by atoms with Gasteiger partial charge in [-0.25, -0.2) is 0 Å². The van der Waals surface area contributed by atoms with E-state index in [0.717, 1.165) is 19.3 Å². The topological polar surface area (TPSA) is 26.3 Å². The zero-order valence-electron chi connectivity index (χ0n) is 15.3. The van der Waals surface area contributed by atoms with Crippen LogP contribution < -0.4 is 0 Å². The standard InChI is InChI=1S/C19H36O2/c1-17(2,3)14-15(18(4,5)6)16(20)21-19(7)12-10-8-9-11-13-19/h15H,8-14H2,1-7H3. The second kappa shape index (κ2) is 6.71. The Labute approximate surface area is 132 Å². The number of rotatable bonds is 3. The van der Waals surface area contributed by atoms with Crippen LogP contribution in [0.5, 0.6) is 0 Å². The van der Waals surface area contributed by atoms with Gasteiger partial charge in [0.2, 0.25) is 0 Å². The van der Waals surface area contributed by atoms with Crippen molar-refractivity contribution in [2.75, 3.05) is 0 Å². The van der Waals surface area contributed by atoms with Gasteiger partial charge < -0.3 is 4.74 Å². The van der Waals surface area contributed by atoms with Crippen molar-refractivity contribution in [2.45, 2.75) is 99.0 Å². The van der Waals surface area contributed by atoms with E-state index in [1.54, 1.807) is 0 Å². The van der Waals surface area contributed by atoms with E-state index in [4.69, 9.17) is 4.74 Å². The van der Waals surface area contributed by atoms with Gasteiger partial charge in [0.25, 0.3) is 0 Å². The van der Waals surface area contributed by atoms with Crippen LogP contribution in [0.25, 0.3) is 0 Å². The lowest BCUT2D eigenvalue weighted by atomic mass is 9.72. The molecule has 0 spiro atoms. The van der Waals surface area contributed by atoms with Crippen LogP contribution in [-0.2, 0) is 9.53 Å². The summed E-state index contributed by atoms with van der Waals surface area (Å²) in [6.07, 6.45) is 7.84. The molecule has 0 N–H and O–H groups in total. The van der Waals surface area contributed by atoms with Crippen molar-refractivity contribution in [3.05, 3.63) is 0 Å². The van der Waals surface area contributed by atoms with E-state index in [2.05, 4.69) is 48.5 Å². The maximum absolute atomic E-state index is 12.8. The molecule has 0 aromatic heterocycles. The number of hydrogen-bond acceptors (Lipinski definition) is 2. The second-order valence-electron chi connectivity index (χ2n) is 9.47. The smallest absolute Gasteiger partial charge is 0.310 e. The van der Waals surface area contributed by atoms with Gasteiger partial charge in [-0.15, -0.1) is 0 Å². The van der Waals surface area contributed by atoms with Crippen molar-refractivity contribution in [3.8, 4) is 0 Å². The number of carbonyl (C=O) groups excluding carboxylic acids is 1. The Morgan fingerprint density at radius 1 is 1.00 bits per heavy atom. The molecule has 0 radical (unpaired) electrons. The first-order valence-electron chi connectivity index (χ1n) is 8.66. The molecule has 1 atom stereocenters. The fourth-order valence-corrected chi connectivity index (χ4v) is 3.25. The largest absolute Gasteiger partial charge is 0.459 e. The summed E-state index contributed by atoms with van der Waals surface area (Å²) >= 11 is 0. The van der Waals surface area contributed by atoms with Crippen molar-refractivity contribution in [1.29, 1.82) is 0 Å². The molecular weight excluding hydrogens is 260 g/mol. The molecular formula is C19H36O2. The quantitative estimate of drug-likeness (QED) is 0.490. The van der Waals surface area contributed by atoms with Crippen LogP contribution in [0.4, 0.5) is 0 Å². The Balaban J connectivity index is 2.80. The summed E-state index contributed by atoms with van der Waals surface area (Å²) in [5.41, 5.74) is -0.151. The lowest BCUT2D eigenvalue weighted by Gasteiger charge is -2.37. The van der Waals surface area contributed by atoms with Gasteiger partial charge in [0.15, 0.2) is 0 Å². The van der Waals surface area contributed by atoms with Crippen molar-refractivity contribution in [3.63, 3.8) is 0 Å². The van der Waals surface area contributed by atoms with Gasteiger partial charge in [0, 0.05) is 0 Å². The zero-order chi connectivity index (χ0) is 16.3. The average molecular weight is 296 g/mol. The highest BCUT2D eigenvalue weighted by atomic mass is 16.6. The molecule has 1 saturated carbocycles. The maximum Gasteiger partial charge on any atom is 0.310 e. The summed E-state index contributed by atoms with van der Waals surface area (Å²) in [5, 5.41) is 0. The van der Waals surface area contributed by atoms with Crippen LogP contribution in [0, 0.1) is 16.7 Å². The van der Waals surface area contributed by atoms with Crippen LogP contribution in [-0.4, -0.2) is 11.6 Å². The predicted octanol–water partition coefficient (Wildman–Crippen LogP) is 5.74. The van der Waals surface area contributed by atoms with Gasteiger partial charge in [-0.2, -0.15) is 0 Å². The summed E-state index contributed by atoms with van der Waals surface area (Å²) in [6, 6.07) is 0. The Morgan fingerprint density at radius 2 is 1.48 bits per heavy atom. The Bertz CT molecular complexity index is 336. The van der Waals surface area contributed by atoms with Crippen LogP contribution in [0.1, 0.15) is 93.4 Å². The van der Waals surface area contributed by atoms with Crippen molar-refractivity contribution in [2.24, 2.45) is 16.7 Å². The number of ether oxygens (including phenoxy) is 1. The molecule has 1 rings (SSSR count). The molecule has 21 heavy (non-hydrogen) atoms. The minimum absolute atomic E-state index is 0.0156.